The van der Waals surface area contributed by atoms with Crippen molar-refractivity contribution in [3.63, 3.8) is 0 Å². The molecule has 0 radical (unpaired) electrons. The van der Waals surface area contributed by atoms with Gasteiger partial charge in [0, 0.05) is 11.5 Å². The van der Waals surface area contributed by atoms with Crippen LogP contribution < -0.4 is 10.4 Å². The Balaban J connectivity index is 2.40. The van der Waals surface area contributed by atoms with E-state index in [2.05, 4.69) is 6.58 Å². The maximum Gasteiger partial charge on any atom is 0.336 e. The third kappa shape index (κ3) is 1.99. The van der Waals surface area contributed by atoms with Gasteiger partial charge in [-0.1, -0.05) is 36.9 Å². The molecule has 0 saturated carbocycles. The van der Waals surface area contributed by atoms with Crippen molar-refractivity contribution < 1.29 is 9.15 Å². The summed E-state index contributed by atoms with van der Waals surface area (Å²) >= 11 is 0. The van der Waals surface area contributed by atoms with Gasteiger partial charge in [0.2, 0.25) is 0 Å². The van der Waals surface area contributed by atoms with Crippen LogP contribution in [-0.4, -0.2) is 6.61 Å². The Kier molecular flexibility index (Phi) is 2.80. The van der Waals surface area contributed by atoms with E-state index in [-0.39, 0.29) is 5.63 Å². The minimum Gasteiger partial charge on any atom is -0.486 e. The number of ether oxygens (including phenoxy) is 1. The summed E-state index contributed by atoms with van der Waals surface area (Å²) in [7, 11) is 0. The van der Waals surface area contributed by atoms with Gasteiger partial charge in [0.25, 0.3) is 0 Å². The monoisotopic (exact) mass is 252 g/mol. The first kappa shape index (κ1) is 11.5. The molecule has 94 valence electrons. The summed E-state index contributed by atoms with van der Waals surface area (Å²) in [4.78, 5) is 11.4. The van der Waals surface area contributed by atoms with Gasteiger partial charge in [-0.05, 0) is 22.9 Å². The fourth-order valence-electron chi connectivity index (χ4n) is 2.14. The first-order valence-corrected chi connectivity index (χ1v) is 5.99. The van der Waals surface area contributed by atoms with Gasteiger partial charge >= 0.3 is 5.63 Å². The van der Waals surface area contributed by atoms with Crippen molar-refractivity contribution in [3.05, 3.63) is 65.5 Å². The van der Waals surface area contributed by atoms with Crippen molar-refractivity contribution in [2.45, 2.75) is 0 Å². The number of rotatable bonds is 3. The first-order valence-electron chi connectivity index (χ1n) is 5.99. The minimum absolute atomic E-state index is 0.367. The normalized spacial score (nSPS) is 10.7. The quantitative estimate of drug-likeness (QED) is 0.407. The molecule has 0 saturated heterocycles. The van der Waals surface area contributed by atoms with E-state index in [1.165, 1.54) is 6.07 Å². The van der Waals surface area contributed by atoms with Crippen LogP contribution in [0.25, 0.3) is 21.7 Å². The van der Waals surface area contributed by atoms with Gasteiger partial charge < -0.3 is 9.15 Å². The third-order valence-electron chi connectivity index (χ3n) is 2.95. The third-order valence-corrected chi connectivity index (χ3v) is 2.95. The molecule has 3 heteroatoms. The smallest absolute Gasteiger partial charge is 0.336 e. The molecule has 0 spiro atoms. The van der Waals surface area contributed by atoms with Crippen molar-refractivity contribution >= 4 is 21.7 Å². The molecule has 0 aliphatic carbocycles. The number of fused-ring (bicyclic) bond motifs is 3. The van der Waals surface area contributed by atoms with E-state index in [9.17, 15) is 4.79 Å². The maximum absolute atomic E-state index is 11.4. The molecule has 0 bridgehead atoms. The van der Waals surface area contributed by atoms with Crippen molar-refractivity contribution in [2.75, 3.05) is 6.61 Å². The van der Waals surface area contributed by atoms with Crippen LogP contribution in [0.4, 0.5) is 0 Å². The van der Waals surface area contributed by atoms with E-state index in [1.807, 2.05) is 30.3 Å². The van der Waals surface area contributed by atoms with Gasteiger partial charge in [0.05, 0.1) is 0 Å². The molecule has 0 aliphatic heterocycles. The predicted octanol–water partition coefficient (Wildman–Crippen LogP) is 3.51. The molecular formula is C16H12O3. The van der Waals surface area contributed by atoms with Gasteiger partial charge in [-0.15, -0.1) is 0 Å². The average Bonchev–Trinajstić information content (AvgIpc) is 2.44. The number of hydrogen-bond acceptors (Lipinski definition) is 3. The van der Waals surface area contributed by atoms with Crippen molar-refractivity contribution in [2.24, 2.45) is 0 Å². The average molecular weight is 252 g/mol. The van der Waals surface area contributed by atoms with E-state index < -0.39 is 0 Å². The van der Waals surface area contributed by atoms with E-state index in [0.717, 1.165) is 16.2 Å². The predicted molar refractivity (Wildman–Crippen MR) is 75.7 cm³/mol. The summed E-state index contributed by atoms with van der Waals surface area (Å²) in [6, 6.07) is 13.0. The second kappa shape index (κ2) is 4.61. The lowest BCUT2D eigenvalue weighted by Gasteiger charge is -2.09. The standard InChI is InChI=1S/C16H12O3/c1-2-9-18-14-10-11-5-3-4-6-12(11)13-7-8-15(17)19-16(13)14/h2-8,10H,1,9H2. The highest BCUT2D eigenvalue weighted by Gasteiger charge is 2.09. The summed E-state index contributed by atoms with van der Waals surface area (Å²) < 4.78 is 10.9. The van der Waals surface area contributed by atoms with Crippen LogP contribution >= 0.6 is 0 Å². The topological polar surface area (TPSA) is 39.4 Å². The Morgan fingerprint density at radius 3 is 2.84 bits per heavy atom. The van der Waals surface area contributed by atoms with Crippen molar-refractivity contribution in [3.8, 4) is 5.75 Å². The van der Waals surface area contributed by atoms with Crippen molar-refractivity contribution in [1.29, 1.82) is 0 Å². The summed E-state index contributed by atoms with van der Waals surface area (Å²) in [6.07, 6.45) is 1.65. The Hall–Kier alpha value is -2.55. The lowest BCUT2D eigenvalue weighted by Crippen LogP contribution is -1.99. The van der Waals surface area contributed by atoms with Crippen LogP contribution in [0.3, 0.4) is 0 Å². The zero-order chi connectivity index (χ0) is 13.2. The highest BCUT2D eigenvalue weighted by atomic mass is 16.5. The van der Waals surface area contributed by atoms with Crippen LogP contribution in [0.1, 0.15) is 0 Å². The second-order valence-corrected chi connectivity index (χ2v) is 4.19. The lowest BCUT2D eigenvalue weighted by molar-refractivity contribution is 0.359. The molecule has 0 aliphatic rings. The molecule has 19 heavy (non-hydrogen) atoms. The molecule has 0 N–H and O–H groups in total. The van der Waals surface area contributed by atoms with Crippen LogP contribution in [0.2, 0.25) is 0 Å². The van der Waals surface area contributed by atoms with E-state index in [1.54, 1.807) is 12.1 Å². The molecule has 3 nitrogen and oxygen atoms in total. The van der Waals surface area contributed by atoms with Gasteiger partial charge in [0.15, 0.2) is 11.3 Å². The molecule has 0 unspecified atom stereocenters. The number of benzene rings is 2. The minimum atomic E-state index is -0.383. The maximum atomic E-state index is 11.4. The molecule has 1 aromatic heterocycles. The van der Waals surface area contributed by atoms with Crippen LogP contribution in [0.15, 0.2) is 64.3 Å². The molecule has 3 rings (SSSR count). The van der Waals surface area contributed by atoms with E-state index in [4.69, 9.17) is 9.15 Å². The Labute approximate surface area is 109 Å². The zero-order valence-electron chi connectivity index (χ0n) is 10.3. The molecule has 3 aromatic rings. The zero-order valence-corrected chi connectivity index (χ0v) is 10.3. The second-order valence-electron chi connectivity index (χ2n) is 4.19. The largest absolute Gasteiger partial charge is 0.486 e. The number of hydrogen-bond donors (Lipinski definition) is 0. The van der Waals surface area contributed by atoms with Crippen LogP contribution in [-0.2, 0) is 0 Å². The Morgan fingerprint density at radius 2 is 2.00 bits per heavy atom. The fourth-order valence-corrected chi connectivity index (χ4v) is 2.14. The molecular weight excluding hydrogens is 240 g/mol. The van der Waals surface area contributed by atoms with Crippen LogP contribution in [0, 0.1) is 0 Å². The fraction of sp³-hybridized carbons (Fsp3) is 0.0625. The Morgan fingerprint density at radius 1 is 1.16 bits per heavy atom. The summed E-state index contributed by atoms with van der Waals surface area (Å²) in [5.74, 6) is 0.561. The molecule has 1 heterocycles. The van der Waals surface area contributed by atoms with Crippen molar-refractivity contribution in [1.82, 2.24) is 0 Å². The highest BCUT2D eigenvalue weighted by molar-refractivity contribution is 6.07. The van der Waals surface area contributed by atoms with E-state index >= 15 is 0 Å². The van der Waals surface area contributed by atoms with Gasteiger partial charge in [-0.3, -0.25) is 0 Å². The molecule has 0 atom stereocenters. The molecule has 2 aromatic carbocycles. The first-order chi connectivity index (χ1) is 9.29. The van der Waals surface area contributed by atoms with E-state index in [0.29, 0.717) is 17.9 Å². The molecule has 0 fully saturated rings. The van der Waals surface area contributed by atoms with Gasteiger partial charge in [-0.25, -0.2) is 4.79 Å². The van der Waals surface area contributed by atoms with Gasteiger partial charge in [0.1, 0.15) is 6.61 Å². The van der Waals surface area contributed by atoms with Gasteiger partial charge in [-0.2, -0.15) is 0 Å². The Bertz CT molecular complexity index is 815. The molecule has 0 amide bonds. The lowest BCUT2D eigenvalue weighted by atomic mass is 10.1. The highest BCUT2D eigenvalue weighted by Crippen LogP contribution is 2.32. The SMILES string of the molecule is C=CCOc1cc2ccccc2c2ccc(=O)oc12. The summed E-state index contributed by atoms with van der Waals surface area (Å²) in [6.45, 7) is 3.99. The van der Waals surface area contributed by atoms with Crippen LogP contribution in [0.5, 0.6) is 5.75 Å². The summed E-state index contributed by atoms with van der Waals surface area (Å²) in [5, 5.41) is 2.95. The summed E-state index contributed by atoms with van der Waals surface area (Å²) in [5.41, 5.74) is 0.0966.